The third-order valence-corrected chi connectivity index (χ3v) is 9.86. The number of piperidine rings is 1. The number of anilines is 2. The minimum absolute atomic E-state index is 0.0582. The van der Waals surface area contributed by atoms with E-state index in [9.17, 15) is 8.42 Å². The first kappa shape index (κ1) is 19.7. The Labute approximate surface area is 183 Å². The summed E-state index contributed by atoms with van der Waals surface area (Å²) in [6.45, 7) is 2.18. The van der Waals surface area contributed by atoms with Gasteiger partial charge in [0.2, 0.25) is 5.95 Å². The fraction of sp³-hybridized carbons (Fsp3) is 0.636. The molecule has 166 valence electrons. The van der Waals surface area contributed by atoms with E-state index in [1.807, 2.05) is 0 Å². The first-order valence-electron chi connectivity index (χ1n) is 11.5. The van der Waals surface area contributed by atoms with Gasteiger partial charge in [-0.05, 0) is 87.1 Å². The number of H-pyrrole nitrogens is 1. The maximum absolute atomic E-state index is 13.2. The molecule has 0 saturated carbocycles. The lowest BCUT2D eigenvalue weighted by molar-refractivity contribution is -0.0264. The monoisotopic (exact) mass is 442 g/mol. The minimum atomic E-state index is -3.66. The van der Waals surface area contributed by atoms with Gasteiger partial charge in [-0.1, -0.05) is 6.07 Å². The van der Waals surface area contributed by atoms with Gasteiger partial charge in [0.25, 0.3) is 15.2 Å². The molecular formula is C22H30N6O2S. The average molecular weight is 443 g/mol. The van der Waals surface area contributed by atoms with Crippen LogP contribution in [0, 0.1) is 0 Å². The van der Waals surface area contributed by atoms with Gasteiger partial charge in [-0.2, -0.15) is 4.31 Å². The molecular weight excluding hydrogens is 412 g/mol. The van der Waals surface area contributed by atoms with E-state index in [1.165, 1.54) is 41.5 Å². The highest BCUT2D eigenvalue weighted by Gasteiger charge is 2.46. The Morgan fingerprint density at radius 3 is 2.19 bits per heavy atom. The molecule has 1 aromatic heterocycles. The summed E-state index contributed by atoms with van der Waals surface area (Å²) in [7, 11) is -1.52. The lowest BCUT2D eigenvalue weighted by Crippen LogP contribution is -2.62. The van der Waals surface area contributed by atoms with Crippen molar-refractivity contribution in [1.29, 1.82) is 0 Å². The maximum atomic E-state index is 13.2. The first-order chi connectivity index (χ1) is 15.0. The van der Waals surface area contributed by atoms with E-state index in [0.717, 1.165) is 50.8 Å². The van der Waals surface area contributed by atoms with Crippen LogP contribution in [0.15, 0.2) is 11.2 Å². The molecule has 2 N–H and O–H groups in total. The van der Waals surface area contributed by atoms with Crippen LogP contribution in [0.2, 0.25) is 0 Å². The number of fused-ring (bicyclic) bond motifs is 2. The summed E-state index contributed by atoms with van der Waals surface area (Å²) in [5.74, 6) is 0.417. The molecule has 2 fully saturated rings. The number of sulfonamides is 1. The Morgan fingerprint density at radius 1 is 0.968 bits per heavy atom. The fourth-order valence-electron chi connectivity index (χ4n) is 6.05. The van der Waals surface area contributed by atoms with Crippen LogP contribution >= 0.6 is 0 Å². The molecule has 0 unspecified atom stereocenters. The fourth-order valence-corrected chi connectivity index (χ4v) is 7.33. The lowest BCUT2D eigenvalue weighted by atomic mass is 9.77. The van der Waals surface area contributed by atoms with Gasteiger partial charge in [0.15, 0.2) is 0 Å². The molecule has 1 aromatic carbocycles. The molecule has 31 heavy (non-hydrogen) atoms. The van der Waals surface area contributed by atoms with Gasteiger partial charge in [-0.25, -0.2) is 8.42 Å². The third-order valence-electron chi connectivity index (χ3n) is 8.14. The predicted octanol–water partition coefficient (Wildman–Crippen LogP) is 2.38. The number of hydrogen-bond donors (Lipinski definition) is 2. The first-order valence-corrected chi connectivity index (χ1v) is 13.0. The van der Waals surface area contributed by atoms with E-state index in [-0.39, 0.29) is 10.7 Å². The number of hydrogen-bond acceptors (Lipinski definition) is 6. The van der Waals surface area contributed by atoms with Gasteiger partial charge in [-0.3, -0.25) is 4.98 Å². The van der Waals surface area contributed by atoms with Crippen molar-refractivity contribution in [2.24, 2.45) is 0 Å². The Balaban J connectivity index is 1.23. The lowest BCUT2D eigenvalue weighted by Gasteiger charge is -2.54. The van der Waals surface area contributed by atoms with Crippen LogP contribution in [0.25, 0.3) is 0 Å². The van der Waals surface area contributed by atoms with E-state index in [0.29, 0.717) is 19.0 Å². The van der Waals surface area contributed by atoms with E-state index < -0.39 is 10.0 Å². The summed E-state index contributed by atoms with van der Waals surface area (Å²) >= 11 is 0. The molecule has 4 aliphatic rings. The Kier molecular flexibility index (Phi) is 4.46. The Hall–Kier alpha value is -1.97. The van der Waals surface area contributed by atoms with Gasteiger partial charge in [0.1, 0.15) is 0 Å². The third kappa shape index (κ3) is 3.04. The second-order valence-corrected chi connectivity index (χ2v) is 11.5. The quantitative estimate of drug-likeness (QED) is 0.755. The molecule has 0 amide bonds. The summed E-state index contributed by atoms with van der Waals surface area (Å²) in [6, 6.07) is 2.38. The molecule has 0 radical (unpaired) electrons. The molecule has 0 atom stereocenters. The van der Waals surface area contributed by atoms with Gasteiger partial charge in [0, 0.05) is 30.9 Å². The minimum Gasteiger partial charge on any atom is -0.324 e. The number of aromatic amines is 1. The predicted molar refractivity (Wildman–Crippen MR) is 118 cm³/mol. The molecule has 0 bridgehead atoms. The molecule has 9 heteroatoms. The van der Waals surface area contributed by atoms with Crippen molar-refractivity contribution in [3.8, 4) is 0 Å². The highest BCUT2D eigenvalue weighted by atomic mass is 32.2. The number of nitrogens with one attached hydrogen (secondary N) is 2. The van der Waals surface area contributed by atoms with Crippen LogP contribution in [-0.2, 0) is 35.7 Å². The van der Waals surface area contributed by atoms with Crippen LogP contribution in [0.5, 0.6) is 0 Å². The normalized spacial score (nSPS) is 23.0. The number of nitrogens with zero attached hydrogens (tertiary/aromatic N) is 4. The van der Waals surface area contributed by atoms with Crippen LogP contribution in [0.4, 0.5) is 11.6 Å². The number of aromatic nitrogens is 3. The van der Waals surface area contributed by atoms with E-state index in [1.54, 1.807) is 4.31 Å². The van der Waals surface area contributed by atoms with Gasteiger partial charge >= 0.3 is 0 Å². The molecule has 2 aliphatic heterocycles. The molecule has 2 aromatic rings. The molecule has 1 spiro atoms. The summed E-state index contributed by atoms with van der Waals surface area (Å²) in [5.41, 5.74) is 6.93. The van der Waals surface area contributed by atoms with Crippen LogP contribution in [0.3, 0.4) is 0 Å². The second kappa shape index (κ2) is 7.02. The standard InChI is InChI=1S/C22H30N6O2S/c1-27-11-8-22(27)9-12-28(13-10-22)31(29,30)21-24-20(25-26-21)23-19-17-6-2-4-15(17)14-16-5-3-7-18(16)19/h14H,2-13H2,1H3,(H2,23,24,25,26). The summed E-state index contributed by atoms with van der Waals surface area (Å²) < 4.78 is 27.9. The maximum Gasteiger partial charge on any atom is 0.278 e. The van der Waals surface area contributed by atoms with Crippen molar-refractivity contribution in [2.75, 3.05) is 32.0 Å². The van der Waals surface area contributed by atoms with E-state index in [2.05, 4.69) is 38.5 Å². The Bertz CT molecular complexity index is 1100. The largest absolute Gasteiger partial charge is 0.324 e. The number of aryl methyl sites for hydroxylation is 2. The topological polar surface area (TPSA) is 94.2 Å². The summed E-state index contributed by atoms with van der Waals surface area (Å²) in [6.07, 6.45) is 9.65. The van der Waals surface area contributed by atoms with Gasteiger partial charge in [0.05, 0.1) is 0 Å². The highest BCUT2D eigenvalue weighted by molar-refractivity contribution is 7.88. The van der Waals surface area contributed by atoms with Crippen molar-refractivity contribution in [3.05, 3.63) is 28.3 Å². The highest BCUT2D eigenvalue weighted by Crippen LogP contribution is 2.41. The van der Waals surface area contributed by atoms with Gasteiger partial charge in [-0.15, -0.1) is 10.2 Å². The van der Waals surface area contributed by atoms with Gasteiger partial charge < -0.3 is 10.2 Å². The van der Waals surface area contributed by atoms with E-state index >= 15 is 0 Å². The van der Waals surface area contributed by atoms with Crippen molar-refractivity contribution >= 4 is 21.7 Å². The van der Waals surface area contributed by atoms with Crippen molar-refractivity contribution in [2.45, 2.75) is 68.5 Å². The number of rotatable bonds is 4. The summed E-state index contributed by atoms with van der Waals surface area (Å²) in [4.78, 5) is 5.33. The molecule has 3 heterocycles. The van der Waals surface area contributed by atoms with Crippen LogP contribution in [0.1, 0.15) is 54.4 Å². The average Bonchev–Trinajstić information content (AvgIpc) is 3.53. The Morgan fingerprint density at radius 2 is 1.61 bits per heavy atom. The SMILES string of the molecule is CN1CCC12CCN(S(=O)(=O)c1nnc(Nc3c4c(cc5c3CCC5)CCC4)[nH]1)CC2. The zero-order valence-electron chi connectivity index (χ0n) is 18.1. The zero-order chi connectivity index (χ0) is 21.2. The van der Waals surface area contributed by atoms with Crippen molar-refractivity contribution < 1.29 is 8.42 Å². The second-order valence-electron chi connectivity index (χ2n) is 9.64. The number of benzene rings is 1. The molecule has 2 saturated heterocycles. The van der Waals surface area contributed by atoms with E-state index in [4.69, 9.17) is 0 Å². The molecule has 2 aliphatic carbocycles. The van der Waals surface area contributed by atoms with Crippen molar-refractivity contribution in [3.63, 3.8) is 0 Å². The summed E-state index contributed by atoms with van der Waals surface area (Å²) in [5, 5.41) is 11.5. The molecule has 6 rings (SSSR count). The van der Waals surface area contributed by atoms with Crippen molar-refractivity contribution in [1.82, 2.24) is 24.4 Å². The zero-order valence-corrected chi connectivity index (χ0v) is 18.9. The smallest absolute Gasteiger partial charge is 0.278 e. The van der Waals surface area contributed by atoms with Crippen LogP contribution < -0.4 is 5.32 Å². The molecule has 8 nitrogen and oxygen atoms in total. The number of likely N-dealkylation sites (tertiary alicyclic amines) is 1. The van der Waals surface area contributed by atoms with Crippen LogP contribution in [-0.4, -0.2) is 65.0 Å².